The van der Waals surface area contributed by atoms with Crippen molar-refractivity contribution in [2.24, 2.45) is 4.99 Å². The molecule has 0 aromatic heterocycles. The molecule has 1 aliphatic rings. The maximum Gasteiger partial charge on any atom is 0.223 e. The highest BCUT2D eigenvalue weighted by molar-refractivity contribution is 5.98. The van der Waals surface area contributed by atoms with E-state index in [-0.39, 0.29) is 23.0 Å². The fraction of sp³-hybridized carbons (Fsp3) is 0. The van der Waals surface area contributed by atoms with E-state index in [1.165, 1.54) is 12.3 Å². The van der Waals surface area contributed by atoms with Gasteiger partial charge in [0.2, 0.25) is 5.90 Å². The summed E-state index contributed by atoms with van der Waals surface area (Å²) < 4.78 is 0. The van der Waals surface area contributed by atoms with Crippen molar-refractivity contribution in [2.75, 3.05) is 5.32 Å². The van der Waals surface area contributed by atoms with Gasteiger partial charge in [0.15, 0.2) is 0 Å². The van der Waals surface area contributed by atoms with E-state index in [1.807, 2.05) is 0 Å². The summed E-state index contributed by atoms with van der Waals surface area (Å²) in [5.41, 5.74) is 0.658. The number of aliphatic hydroxyl groups is 2. The lowest BCUT2D eigenvalue weighted by molar-refractivity contribution is 0.425. The van der Waals surface area contributed by atoms with Crippen LogP contribution in [0.2, 0.25) is 0 Å². The third-order valence-electron chi connectivity index (χ3n) is 2.10. The minimum atomic E-state index is -0.263. The van der Waals surface area contributed by atoms with Crippen LogP contribution in [0.3, 0.4) is 0 Å². The first-order chi connectivity index (χ1) is 7.68. The number of rotatable bonds is 2. The van der Waals surface area contributed by atoms with E-state index in [0.717, 1.165) is 6.20 Å². The SMILES string of the molecule is OC1=CN=C(O)/C1=C/Nc1ccccc1O. The van der Waals surface area contributed by atoms with Crippen molar-refractivity contribution in [3.05, 3.63) is 48.0 Å². The molecule has 5 heteroatoms. The Labute approximate surface area is 91.7 Å². The van der Waals surface area contributed by atoms with E-state index in [9.17, 15) is 15.3 Å². The maximum absolute atomic E-state index is 9.45. The molecule has 0 aliphatic carbocycles. The highest BCUT2D eigenvalue weighted by Gasteiger charge is 2.15. The Hall–Kier alpha value is -2.43. The normalized spacial score (nSPS) is 17.1. The molecule has 0 saturated heterocycles. The molecule has 1 heterocycles. The van der Waals surface area contributed by atoms with Crippen LogP contribution in [0, 0.1) is 0 Å². The Kier molecular flexibility index (Phi) is 2.51. The standard InChI is InChI=1S/C11H10N2O3/c14-9-4-2-1-3-8(9)12-5-7-10(15)6-13-11(7)16/h1-6,12,14-15H,(H,13,16)/b7-5+. The molecule has 0 bridgehead atoms. The molecule has 4 N–H and O–H groups in total. The van der Waals surface area contributed by atoms with Gasteiger partial charge < -0.3 is 20.6 Å². The molecule has 0 amide bonds. The highest BCUT2D eigenvalue weighted by Crippen LogP contribution is 2.23. The second-order valence-electron chi connectivity index (χ2n) is 3.19. The van der Waals surface area contributed by atoms with Gasteiger partial charge in [0.25, 0.3) is 0 Å². The number of phenolic OH excluding ortho intramolecular Hbond substituents is 1. The number of anilines is 1. The number of hydrogen-bond donors (Lipinski definition) is 4. The van der Waals surface area contributed by atoms with E-state index in [1.54, 1.807) is 18.2 Å². The molecule has 0 unspecified atom stereocenters. The summed E-state index contributed by atoms with van der Waals surface area (Å²) in [6.07, 6.45) is 2.51. The third kappa shape index (κ3) is 1.83. The van der Waals surface area contributed by atoms with Crippen LogP contribution in [-0.4, -0.2) is 21.2 Å². The third-order valence-corrected chi connectivity index (χ3v) is 2.10. The lowest BCUT2D eigenvalue weighted by atomic mass is 10.2. The van der Waals surface area contributed by atoms with Crippen molar-refractivity contribution in [3.8, 4) is 5.75 Å². The molecule has 5 nitrogen and oxygen atoms in total. The van der Waals surface area contributed by atoms with Gasteiger partial charge in [-0.05, 0) is 12.1 Å². The monoisotopic (exact) mass is 218 g/mol. The number of aliphatic imine (C=N–C) groups is 1. The quantitative estimate of drug-likeness (QED) is 0.572. The summed E-state index contributed by atoms with van der Waals surface area (Å²) in [7, 11) is 0. The molecule has 1 aliphatic heterocycles. The van der Waals surface area contributed by atoms with Gasteiger partial charge in [-0.3, -0.25) is 0 Å². The minimum Gasteiger partial charge on any atom is -0.506 e. The topological polar surface area (TPSA) is 85.1 Å². The number of para-hydroxylation sites is 2. The van der Waals surface area contributed by atoms with Crippen LogP contribution in [0.5, 0.6) is 5.75 Å². The van der Waals surface area contributed by atoms with Gasteiger partial charge in [-0.25, -0.2) is 4.99 Å². The van der Waals surface area contributed by atoms with Crippen molar-refractivity contribution >= 4 is 11.6 Å². The Morgan fingerprint density at radius 2 is 1.88 bits per heavy atom. The van der Waals surface area contributed by atoms with Crippen molar-refractivity contribution < 1.29 is 15.3 Å². The van der Waals surface area contributed by atoms with Crippen LogP contribution < -0.4 is 5.32 Å². The van der Waals surface area contributed by atoms with Crippen LogP contribution in [0.4, 0.5) is 5.69 Å². The van der Waals surface area contributed by atoms with Crippen molar-refractivity contribution in [3.63, 3.8) is 0 Å². The number of phenols is 1. The van der Waals surface area contributed by atoms with Gasteiger partial charge in [-0.1, -0.05) is 12.1 Å². The largest absolute Gasteiger partial charge is 0.506 e. The van der Waals surface area contributed by atoms with Crippen molar-refractivity contribution in [1.29, 1.82) is 0 Å². The molecule has 1 aromatic rings. The Morgan fingerprint density at radius 1 is 1.12 bits per heavy atom. The summed E-state index contributed by atoms with van der Waals surface area (Å²) in [6.45, 7) is 0. The molecule has 16 heavy (non-hydrogen) atoms. The van der Waals surface area contributed by atoms with Gasteiger partial charge in [0.05, 0.1) is 17.5 Å². The fourth-order valence-corrected chi connectivity index (χ4v) is 1.26. The minimum absolute atomic E-state index is 0.0808. The highest BCUT2D eigenvalue weighted by atomic mass is 16.3. The first-order valence-corrected chi connectivity index (χ1v) is 4.60. The number of hydrogen-bond acceptors (Lipinski definition) is 4. The van der Waals surface area contributed by atoms with Crippen LogP contribution >= 0.6 is 0 Å². The average Bonchev–Trinajstić information content (AvgIpc) is 2.58. The molecular formula is C11H10N2O3. The van der Waals surface area contributed by atoms with E-state index < -0.39 is 0 Å². The van der Waals surface area contributed by atoms with Gasteiger partial charge >= 0.3 is 0 Å². The number of nitrogens with zero attached hydrogens (tertiary/aromatic N) is 1. The zero-order valence-corrected chi connectivity index (χ0v) is 8.25. The van der Waals surface area contributed by atoms with Gasteiger partial charge in [-0.2, -0.15) is 0 Å². The van der Waals surface area contributed by atoms with Crippen LogP contribution in [0.15, 0.2) is 53.0 Å². The summed E-state index contributed by atoms with van der Waals surface area (Å²) in [6, 6.07) is 6.63. The van der Waals surface area contributed by atoms with Crippen LogP contribution in [0.25, 0.3) is 0 Å². The van der Waals surface area contributed by atoms with Gasteiger partial charge in [0.1, 0.15) is 11.5 Å². The molecule has 0 radical (unpaired) electrons. The number of benzene rings is 1. The molecule has 0 atom stereocenters. The molecule has 0 spiro atoms. The van der Waals surface area contributed by atoms with Crippen molar-refractivity contribution in [1.82, 2.24) is 0 Å². The smallest absolute Gasteiger partial charge is 0.223 e. The second kappa shape index (κ2) is 3.98. The predicted octanol–water partition coefficient (Wildman–Crippen LogP) is 2.06. The number of aromatic hydroxyl groups is 1. The zero-order chi connectivity index (χ0) is 11.5. The lowest BCUT2D eigenvalue weighted by Crippen LogP contribution is -2.02. The van der Waals surface area contributed by atoms with Crippen molar-refractivity contribution in [2.45, 2.75) is 0 Å². The molecule has 82 valence electrons. The maximum atomic E-state index is 9.45. The summed E-state index contributed by atoms with van der Waals surface area (Å²) in [5.74, 6) is -0.307. The zero-order valence-electron chi connectivity index (χ0n) is 8.25. The number of nitrogens with one attached hydrogen (secondary N) is 1. The molecule has 1 aromatic carbocycles. The van der Waals surface area contributed by atoms with Crippen LogP contribution in [0.1, 0.15) is 0 Å². The molecule has 0 fully saturated rings. The molecule has 2 rings (SSSR count). The van der Waals surface area contributed by atoms with E-state index in [0.29, 0.717) is 5.69 Å². The van der Waals surface area contributed by atoms with E-state index in [4.69, 9.17) is 0 Å². The Balaban J connectivity index is 2.19. The second-order valence-corrected chi connectivity index (χ2v) is 3.19. The predicted molar refractivity (Wildman–Crippen MR) is 60.6 cm³/mol. The molecule has 0 saturated carbocycles. The Morgan fingerprint density at radius 3 is 2.50 bits per heavy atom. The first-order valence-electron chi connectivity index (χ1n) is 4.60. The van der Waals surface area contributed by atoms with Crippen LogP contribution in [-0.2, 0) is 0 Å². The summed E-state index contributed by atoms with van der Waals surface area (Å²) in [4.78, 5) is 3.52. The van der Waals surface area contributed by atoms with Gasteiger partial charge in [-0.15, -0.1) is 0 Å². The average molecular weight is 218 g/mol. The lowest BCUT2D eigenvalue weighted by Gasteiger charge is -2.04. The Bertz CT molecular complexity index is 484. The van der Waals surface area contributed by atoms with E-state index >= 15 is 0 Å². The van der Waals surface area contributed by atoms with Gasteiger partial charge in [0, 0.05) is 6.20 Å². The summed E-state index contributed by atoms with van der Waals surface area (Å²) >= 11 is 0. The molecular weight excluding hydrogens is 208 g/mol. The first kappa shape index (κ1) is 10.1. The summed E-state index contributed by atoms with van der Waals surface area (Å²) in [5, 5.41) is 30.8. The van der Waals surface area contributed by atoms with E-state index in [2.05, 4.69) is 10.3 Å². The fourth-order valence-electron chi connectivity index (χ4n) is 1.26. The number of aliphatic hydroxyl groups excluding tert-OH is 2.